The molecular weight excluding hydrogens is 134 g/mol. The zero-order valence-corrected chi connectivity index (χ0v) is 6.53. The van der Waals surface area contributed by atoms with Crippen LogP contribution in [-0.2, 0) is 0 Å². The smallest absolute Gasteiger partial charge is 0.0738 e. The van der Waals surface area contributed by atoms with Gasteiger partial charge in [0.1, 0.15) is 0 Å². The first-order chi connectivity index (χ1) is 4.20. The van der Waals surface area contributed by atoms with Crippen molar-refractivity contribution in [1.29, 1.82) is 0 Å². The molecule has 0 aliphatic heterocycles. The quantitative estimate of drug-likeness (QED) is 0.469. The number of aliphatic hydroxyl groups is 1. The van der Waals surface area contributed by atoms with Gasteiger partial charge in [-0.05, 0) is 6.92 Å². The number of aliphatic hydroxyl groups excluding tert-OH is 1. The Morgan fingerprint density at radius 1 is 1.78 bits per heavy atom. The summed E-state index contributed by atoms with van der Waals surface area (Å²) in [5.41, 5.74) is 0. The summed E-state index contributed by atoms with van der Waals surface area (Å²) >= 11 is 1.41. The maximum absolute atomic E-state index is 8.50. The van der Waals surface area contributed by atoms with Crippen molar-refractivity contribution < 1.29 is 5.11 Å². The maximum atomic E-state index is 8.50. The number of aliphatic imine (C=N–C) groups is 1. The lowest BCUT2D eigenvalue weighted by Crippen LogP contribution is -1.88. The fourth-order valence-corrected chi connectivity index (χ4v) is 0.860. The van der Waals surface area contributed by atoms with Crippen LogP contribution in [0.25, 0.3) is 0 Å². The molecular formula is C6H11NOS. The van der Waals surface area contributed by atoms with Gasteiger partial charge in [-0.15, -0.1) is 0 Å². The number of hydrogen-bond donors (Lipinski definition) is 1. The number of thioether (sulfide) groups is 1. The third-order valence-electron chi connectivity index (χ3n) is 0.783. The average molecular weight is 145 g/mol. The van der Waals surface area contributed by atoms with Crippen LogP contribution in [0.15, 0.2) is 16.5 Å². The SMILES string of the molecule is C=C(CO)S/C(C)=N\C. The minimum atomic E-state index is 0.0253. The highest BCUT2D eigenvalue weighted by Crippen LogP contribution is 2.13. The summed E-state index contributed by atoms with van der Waals surface area (Å²) in [6, 6.07) is 0. The summed E-state index contributed by atoms with van der Waals surface area (Å²) in [6.45, 7) is 5.50. The van der Waals surface area contributed by atoms with Gasteiger partial charge in [0.25, 0.3) is 0 Å². The van der Waals surface area contributed by atoms with Crippen molar-refractivity contribution in [2.24, 2.45) is 4.99 Å². The Morgan fingerprint density at radius 2 is 2.33 bits per heavy atom. The van der Waals surface area contributed by atoms with Crippen molar-refractivity contribution in [3.05, 3.63) is 11.5 Å². The molecule has 0 saturated heterocycles. The molecule has 3 heteroatoms. The molecule has 0 fully saturated rings. The van der Waals surface area contributed by atoms with Crippen molar-refractivity contribution in [3.63, 3.8) is 0 Å². The van der Waals surface area contributed by atoms with Gasteiger partial charge in [-0.1, -0.05) is 18.3 Å². The van der Waals surface area contributed by atoms with E-state index in [4.69, 9.17) is 5.11 Å². The second kappa shape index (κ2) is 4.58. The Morgan fingerprint density at radius 3 is 2.67 bits per heavy atom. The van der Waals surface area contributed by atoms with Gasteiger partial charge in [0.15, 0.2) is 0 Å². The summed E-state index contributed by atoms with van der Waals surface area (Å²) in [5, 5.41) is 9.43. The van der Waals surface area contributed by atoms with Crippen LogP contribution in [0.3, 0.4) is 0 Å². The molecule has 0 radical (unpaired) electrons. The normalized spacial score (nSPS) is 11.7. The molecule has 0 heterocycles. The van der Waals surface area contributed by atoms with Gasteiger partial charge < -0.3 is 5.11 Å². The van der Waals surface area contributed by atoms with E-state index in [2.05, 4.69) is 11.6 Å². The molecule has 0 aromatic heterocycles. The van der Waals surface area contributed by atoms with E-state index in [9.17, 15) is 0 Å². The van der Waals surface area contributed by atoms with Gasteiger partial charge in [-0.2, -0.15) is 0 Å². The van der Waals surface area contributed by atoms with E-state index >= 15 is 0 Å². The van der Waals surface area contributed by atoms with Crippen LogP contribution in [0.2, 0.25) is 0 Å². The molecule has 9 heavy (non-hydrogen) atoms. The molecule has 0 spiro atoms. The van der Waals surface area contributed by atoms with Crippen molar-refractivity contribution in [1.82, 2.24) is 0 Å². The first kappa shape index (κ1) is 8.72. The molecule has 1 N–H and O–H groups in total. The minimum Gasteiger partial charge on any atom is -0.391 e. The highest BCUT2D eigenvalue weighted by molar-refractivity contribution is 8.17. The van der Waals surface area contributed by atoms with Crippen LogP contribution in [0, 0.1) is 0 Å². The first-order valence-corrected chi connectivity index (χ1v) is 3.42. The Balaban J connectivity index is 3.60. The molecule has 52 valence electrons. The number of rotatable bonds is 2. The van der Waals surface area contributed by atoms with Gasteiger partial charge in [0.2, 0.25) is 0 Å². The van der Waals surface area contributed by atoms with Crippen LogP contribution >= 0.6 is 11.8 Å². The van der Waals surface area contributed by atoms with Gasteiger partial charge >= 0.3 is 0 Å². The maximum Gasteiger partial charge on any atom is 0.0738 e. The molecule has 0 aromatic rings. The van der Waals surface area contributed by atoms with E-state index in [-0.39, 0.29) is 6.61 Å². The van der Waals surface area contributed by atoms with E-state index in [0.29, 0.717) is 0 Å². The molecule has 0 aliphatic carbocycles. The lowest BCUT2D eigenvalue weighted by atomic mass is 10.7. The van der Waals surface area contributed by atoms with Gasteiger partial charge in [0.05, 0.1) is 11.7 Å². The zero-order chi connectivity index (χ0) is 7.28. The average Bonchev–Trinajstić information content (AvgIpc) is 1.87. The van der Waals surface area contributed by atoms with Crippen molar-refractivity contribution in [3.8, 4) is 0 Å². The highest BCUT2D eigenvalue weighted by Gasteiger charge is 1.93. The van der Waals surface area contributed by atoms with E-state index in [0.717, 1.165) is 9.95 Å². The number of nitrogens with zero attached hydrogens (tertiary/aromatic N) is 1. The van der Waals surface area contributed by atoms with Crippen LogP contribution < -0.4 is 0 Å². The van der Waals surface area contributed by atoms with Gasteiger partial charge in [0, 0.05) is 12.0 Å². The summed E-state index contributed by atoms with van der Waals surface area (Å²) in [7, 11) is 1.72. The summed E-state index contributed by atoms with van der Waals surface area (Å²) in [4.78, 5) is 4.62. The molecule has 0 unspecified atom stereocenters. The van der Waals surface area contributed by atoms with E-state index < -0.39 is 0 Å². The monoisotopic (exact) mass is 145 g/mol. The molecule has 0 amide bonds. The number of hydrogen-bond acceptors (Lipinski definition) is 3. The van der Waals surface area contributed by atoms with Crippen molar-refractivity contribution in [2.75, 3.05) is 13.7 Å². The van der Waals surface area contributed by atoms with Crippen molar-refractivity contribution in [2.45, 2.75) is 6.92 Å². The second-order valence-corrected chi connectivity index (χ2v) is 2.91. The zero-order valence-electron chi connectivity index (χ0n) is 5.72. The lowest BCUT2D eigenvalue weighted by Gasteiger charge is -1.97. The van der Waals surface area contributed by atoms with Gasteiger partial charge in [-0.3, -0.25) is 4.99 Å². The first-order valence-electron chi connectivity index (χ1n) is 2.60. The fourth-order valence-electron chi connectivity index (χ4n) is 0.287. The standard InChI is InChI=1S/C6H11NOS/c1-5(4-8)9-6(2)7-3/h8H,1,4H2,2-3H3/b7-6-. The Kier molecular flexibility index (Phi) is 4.44. The Bertz CT molecular complexity index is 131. The largest absolute Gasteiger partial charge is 0.391 e. The molecule has 0 atom stereocenters. The Labute approximate surface area is 59.7 Å². The molecule has 0 aromatic carbocycles. The predicted octanol–water partition coefficient (Wildman–Crippen LogP) is 1.27. The summed E-state index contributed by atoms with van der Waals surface area (Å²) in [6.07, 6.45) is 0. The van der Waals surface area contributed by atoms with E-state index in [1.54, 1.807) is 7.05 Å². The van der Waals surface area contributed by atoms with E-state index in [1.807, 2.05) is 6.92 Å². The molecule has 0 saturated carbocycles. The predicted molar refractivity (Wildman–Crippen MR) is 42.8 cm³/mol. The molecule has 0 aliphatic rings. The molecule has 0 rings (SSSR count). The topological polar surface area (TPSA) is 32.6 Å². The lowest BCUT2D eigenvalue weighted by molar-refractivity contribution is 0.340. The van der Waals surface area contributed by atoms with Crippen molar-refractivity contribution >= 4 is 16.8 Å². The fraction of sp³-hybridized carbons (Fsp3) is 0.500. The van der Waals surface area contributed by atoms with Crippen LogP contribution in [0.1, 0.15) is 6.92 Å². The van der Waals surface area contributed by atoms with Crippen LogP contribution in [-0.4, -0.2) is 23.8 Å². The second-order valence-electron chi connectivity index (χ2n) is 1.54. The highest BCUT2D eigenvalue weighted by atomic mass is 32.2. The molecule has 0 bridgehead atoms. The van der Waals surface area contributed by atoms with Crippen LogP contribution in [0.4, 0.5) is 0 Å². The third kappa shape index (κ3) is 4.24. The van der Waals surface area contributed by atoms with E-state index in [1.165, 1.54) is 11.8 Å². The van der Waals surface area contributed by atoms with Crippen LogP contribution in [0.5, 0.6) is 0 Å². The van der Waals surface area contributed by atoms with Gasteiger partial charge in [-0.25, -0.2) is 0 Å². The molecule has 2 nitrogen and oxygen atoms in total. The third-order valence-corrected chi connectivity index (χ3v) is 1.68. The minimum absolute atomic E-state index is 0.0253. The Hall–Kier alpha value is -0.280. The summed E-state index contributed by atoms with van der Waals surface area (Å²) in [5.74, 6) is 0. The summed E-state index contributed by atoms with van der Waals surface area (Å²) < 4.78 is 0.